The second kappa shape index (κ2) is 4.26. The minimum atomic E-state index is -0.659. The summed E-state index contributed by atoms with van der Waals surface area (Å²) < 4.78 is 0.104. The molecule has 1 rings (SSSR count). The number of nitrogens with zero attached hydrogens (tertiary/aromatic N) is 1. The lowest BCUT2D eigenvalue weighted by Crippen LogP contribution is -2.34. The molecule has 13 heavy (non-hydrogen) atoms. The molecular formula is C7H7Cl4NO. The number of halogens is 4. The van der Waals surface area contributed by atoms with Crippen LogP contribution in [0.1, 0.15) is 13.3 Å². The van der Waals surface area contributed by atoms with Gasteiger partial charge in [-0.2, -0.15) is 0 Å². The first-order chi connectivity index (χ1) is 5.94. The minimum Gasteiger partial charge on any atom is -0.386 e. The van der Waals surface area contributed by atoms with Crippen LogP contribution in [0.2, 0.25) is 0 Å². The van der Waals surface area contributed by atoms with Gasteiger partial charge in [-0.15, -0.1) is 11.6 Å². The Morgan fingerprint density at radius 1 is 1.69 bits per heavy atom. The maximum absolute atomic E-state index is 5.99. The highest BCUT2D eigenvalue weighted by molar-refractivity contribution is 6.65. The molecule has 0 saturated heterocycles. The Balaban J connectivity index is 2.68. The molecule has 0 fully saturated rings. The minimum absolute atomic E-state index is 0.104. The van der Waals surface area contributed by atoms with Crippen molar-refractivity contribution in [3.63, 3.8) is 0 Å². The smallest absolute Gasteiger partial charge is 0.161 e. The fraction of sp³-hybridized carbons (Fsp3) is 0.571. The van der Waals surface area contributed by atoms with Crippen molar-refractivity contribution in [1.29, 1.82) is 0 Å². The molecule has 0 saturated carbocycles. The summed E-state index contributed by atoms with van der Waals surface area (Å²) in [6, 6.07) is 0. The molecule has 6 heteroatoms. The summed E-state index contributed by atoms with van der Waals surface area (Å²) in [5.41, 5.74) is -0.659. The molecule has 2 nitrogen and oxygen atoms in total. The highest BCUT2D eigenvalue weighted by Crippen LogP contribution is 2.33. The van der Waals surface area contributed by atoms with Crippen LogP contribution in [0.4, 0.5) is 0 Å². The molecule has 74 valence electrons. The molecule has 1 aliphatic rings. The van der Waals surface area contributed by atoms with Crippen LogP contribution in [0.25, 0.3) is 0 Å². The third-order valence-electron chi connectivity index (χ3n) is 1.71. The Morgan fingerprint density at radius 2 is 2.31 bits per heavy atom. The summed E-state index contributed by atoms with van der Waals surface area (Å²) in [5.74, 6) is 0. The van der Waals surface area contributed by atoms with Gasteiger partial charge in [0.15, 0.2) is 5.60 Å². The van der Waals surface area contributed by atoms with E-state index in [2.05, 4.69) is 5.16 Å². The average Bonchev–Trinajstić information content (AvgIpc) is 2.31. The fourth-order valence-electron chi connectivity index (χ4n) is 0.943. The molecule has 0 radical (unpaired) electrons. The van der Waals surface area contributed by atoms with Crippen LogP contribution < -0.4 is 0 Å². The first-order valence-corrected chi connectivity index (χ1v) is 5.08. The summed E-state index contributed by atoms with van der Waals surface area (Å²) >= 11 is 22.6. The topological polar surface area (TPSA) is 21.6 Å². The molecular weight excluding hydrogens is 256 g/mol. The van der Waals surface area contributed by atoms with Crippen LogP contribution in [0.15, 0.2) is 15.7 Å². The Morgan fingerprint density at radius 3 is 2.69 bits per heavy atom. The third kappa shape index (κ3) is 2.91. The first kappa shape index (κ1) is 11.4. The van der Waals surface area contributed by atoms with E-state index in [1.54, 1.807) is 6.92 Å². The molecule has 0 aromatic rings. The predicted molar refractivity (Wildman–Crippen MR) is 56.8 cm³/mol. The van der Waals surface area contributed by atoms with Gasteiger partial charge in [0.25, 0.3) is 0 Å². The molecule has 0 amide bonds. The Bertz CT molecular complexity index is 261. The Kier molecular flexibility index (Phi) is 3.75. The molecule has 1 aliphatic heterocycles. The average molecular weight is 263 g/mol. The standard InChI is InChI=1S/C7H7Cl4NO/c1-7(3-6(11)12-13-7)4(8)2-5(9)10/h2,4H,3H2,1H3/t4-,7+/m1/s1. The van der Waals surface area contributed by atoms with Crippen molar-refractivity contribution < 1.29 is 4.84 Å². The van der Waals surface area contributed by atoms with Crippen molar-refractivity contribution >= 4 is 51.6 Å². The maximum Gasteiger partial charge on any atom is 0.161 e. The number of hydrogen-bond acceptors (Lipinski definition) is 2. The Hall–Kier alpha value is 0.370. The highest BCUT2D eigenvalue weighted by Gasteiger charge is 2.40. The molecule has 2 atom stereocenters. The summed E-state index contributed by atoms with van der Waals surface area (Å²) in [6.45, 7) is 1.79. The lowest BCUT2D eigenvalue weighted by atomic mass is 9.99. The largest absolute Gasteiger partial charge is 0.386 e. The van der Waals surface area contributed by atoms with Gasteiger partial charge in [0, 0.05) is 6.42 Å². The zero-order valence-electron chi connectivity index (χ0n) is 6.73. The summed E-state index contributed by atoms with van der Waals surface area (Å²) in [4.78, 5) is 5.08. The van der Waals surface area contributed by atoms with E-state index < -0.39 is 11.0 Å². The van der Waals surface area contributed by atoms with Crippen LogP contribution in [0.5, 0.6) is 0 Å². The van der Waals surface area contributed by atoms with Crippen LogP contribution in [0, 0.1) is 0 Å². The van der Waals surface area contributed by atoms with E-state index in [4.69, 9.17) is 51.2 Å². The van der Waals surface area contributed by atoms with Gasteiger partial charge in [0.1, 0.15) is 9.66 Å². The van der Waals surface area contributed by atoms with E-state index in [-0.39, 0.29) is 4.49 Å². The first-order valence-electron chi connectivity index (χ1n) is 3.51. The van der Waals surface area contributed by atoms with Gasteiger partial charge in [-0.25, -0.2) is 0 Å². The highest BCUT2D eigenvalue weighted by atomic mass is 35.5. The molecule has 0 spiro atoms. The summed E-state index contributed by atoms with van der Waals surface area (Å²) in [6.07, 6.45) is 1.94. The van der Waals surface area contributed by atoms with Gasteiger partial charge in [0.2, 0.25) is 0 Å². The van der Waals surface area contributed by atoms with Crippen molar-refractivity contribution in [2.75, 3.05) is 0 Å². The predicted octanol–water partition coefficient (Wildman–Crippen LogP) is 3.64. The molecule has 0 aromatic carbocycles. The number of hydrogen-bond donors (Lipinski definition) is 0. The molecule has 0 aromatic heterocycles. The van der Waals surface area contributed by atoms with Crippen LogP contribution in [-0.2, 0) is 4.84 Å². The van der Waals surface area contributed by atoms with Crippen LogP contribution >= 0.6 is 46.4 Å². The van der Waals surface area contributed by atoms with Crippen LogP contribution in [0.3, 0.4) is 0 Å². The fourth-order valence-corrected chi connectivity index (χ4v) is 1.87. The summed E-state index contributed by atoms with van der Waals surface area (Å²) in [7, 11) is 0. The zero-order valence-corrected chi connectivity index (χ0v) is 9.75. The van der Waals surface area contributed by atoms with Gasteiger partial charge >= 0.3 is 0 Å². The second-order valence-corrected chi connectivity index (χ2v) is 4.82. The van der Waals surface area contributed by atoms with Crippen molar-refractivity contribution in [2.24, 2.45) is 5.16 Å². The zero-order chi connectivity index (χ0) is 10.1. The third-order valence-corrected chi connectivity index (χ3v) is 2.75. The van der Waals surface area contributed by atoms with Crippen molar-refractivity contribution in [2.45, 2.75) is 24.3 Å². The SMILES string of the molecule is C[C@@]1([C@H](Cl)C=C(Cl)Cl)CC(Cl)=NO1. The van der Waals surface area contributed by atoms with Gasteiger partial charge in [-0.1, -0.05) is 40.0 Å². The molecule has 0 N–H and O–H groups in total. The van der Waals surface area contributed by atoms with Crippen molar-refractivity contribution in [3.8, 4) is 0 Å². The van der Waals surface area contributed by atoms with Gasteiger partial charge in [0.05, 0.1) is 5.38 Å². The summed E-state index contributed by atoms with van der Waals surface area (Å²) in [5, 5.41) is 3.53. The van der Waals surface area contributed by atoms with E-state index >= 15 is 0 Å². The van der Waals surface area contributed by atoms with Gasteiger partial charge in [-0.05, 0) is 13.0 Å². The maximum atomic E-state index is 5.99. The lowest BCUT2D eigenvalue weighted by molar-refractivity contribution is 0.00200. The second-order valence-electron chi connectivity index (χ2n) is 2.91. The normalized spacial score (nSPS) is 29.2. The number of alkyl halides is 1. The molecule has 1 heterocycles. The van der Waals surface area contributed by atoms with Crippen molar-refractivity contribution in [1.82, 2.24) is 0 Å². The van der Waals surface area contributed by atoms with E-state index in [1.807, 2.05) is 0 Å². The number of oxime groups is 1. The van der Waals surface area contributed by atoms with Crippen molar-refractivity contribution in [3.05, 3.63) is 10.6 Å². The quantitative estimate of drug-likeness (QED) is 0.697. The number of rotatable bonds is 2. The molecule has 0 bridgehead atoms. The van der Waals surface area contributed by atoms with Gasteiger partial charge in [-0.3, -0.25) is 0 Å². The van der Waals surface area contributed by atoms with E-state index in [1.165, 1.54) is 6.08 Å². The van der Waals surface area contributed by atoms with Gasteiger partial charge < -0.3 is 4.84 Å². The van der Waals surface area contributed by atoms with E-state index in [0.29, 0.717) is 11.6 Å². The molecule has 0 unspecified atom stereocenters. The van der Waals surface area contributed by atoms with E-state index in [9.17, 15) is 0 Å². The lowest BCUT2D eigenvalue weighted by Gasteiger charge is -2.24. The van der Waals surface area contributed by atoms with E-state index in [0.717, 1.165) is 0 Å². The molecule has 0 aliphatic carbocycles. The van der Waals surface area contributed by atoms with Crippen LogP contribution in [-0.4, -0.2) is 16.1 Å². The monoisotopic (exact) mass is 261 g/mol. The Labute approximate surface area is 96.4 Å².